The Balaban J connectivity index is 1.27. The van der Waals surface area contributed by atoms with Crippen LogP contribution in [0.4, 0.5) is 0 Å². The Kier molecular flexibility index (Phi) is 6.34. The third-order valence-corrected chi connectivity index (χ3v) is 6.04. The van der Waals surface area contributed by atoms with Crippen molar-refractivity contribution in [3.05, 3.63) is 23.8 Å². The first-order valence-electron chi connectivity index (χ1n) is 10.3. The molecule has 1 aromatic rings. The molecule has 3 aliphatic rings. The monoisotopic (exact) mass is 390 g/mol. The lowest BCUT2D eigenvalue weighted by Gasteiger charge is -2.38. The highest BCUT2D eigenvalue weighted by Crippen LogP contribution is 2.32. The van der Waals surface area contributed by atoms with Gasteiger partial charge in [-0.15, -0.1) is 0 Å². The van der Waals surface area contributed by atoms with E-state index in [1.54, 1.807) is 7.11 Å². The van der Waals surface area contributed by atoms with Crippen LogP contribution in [0.2, 0.25) is 0 Å². The van der Waals surface area contributed by atoms with Crippen molar-refractivity contribution >= 4 is 5.91 Å². The smallest absolute Gasteiger partial charge is 0.231 e. The van der Waals surface area contributed by atoms with Crippen LogP contribution in [0, 0.1) is 5.92 Å². The van der Waals surface area contributed by atoms with Crippen molar-refractivity contribution in [2.75, 3.05) is 27.1 Å². The Morgan fingerprint density at radius 3 is 2.79 bits per heavy atom. The third-order valence-electron chi connectivity index (χ3n) is 6.04. The highest BCUT2D eigenvalue weighted by atomic mass is 16.7. The molecular formula is C21H30N2O5. The fourth-order valence-electron chi connectivity index (χ4n) is 4.37. The van der Waals surface area contributed by atoms with Crippen LogP contribution in [0.3, 0.4) is 0 Å². The summed E-state index contributed by atoms with van der Waals surface area (Å²) in [5.74, 6) is 1.59. The molecule has 2 aliphatic heterocycles. The van der Waals surface area contributed by atoms with E-state index in [9.17, 15) is 4.79 Å². The van der Waals surface area contributed by atoms with Gasteiger partial charge >= 0.3 is 0 Å². The summed E-state index contributed by atoms with van der Waals surface area (Å²) in [6, 6.07) is 6.58. The molecule has 4 rings (SSSR count). The molecule has 0 radical (unpaired) electrons. The molecule has 154 valence electrons. The molecule has 1 aliphatic carbocycles. The molecule has 28 heavy (non-hydrogen) atoms. The number of amides is 1. The summed E-state index contributed by atoms with van der Waals surface area (Å²) in [4.78, 5) is 12.7. The number of nitrogens with one attached hydrogen (secondary N) is 2. The predicted octanol–water partition coefficient (Wildman–Crippen LogP) is 1.98. The molecule has 2 N–H and O–H groups in total. The van der Waals surface area contributed by atoms with Crippen LogP contribution in [0.25, 0.3) is 0 Å². The maximum atomic E-state index is 12.7. The Morgan fingerprint density at radius 1 is 1.14 bits per heavy atom. The molecular weight excluding hydrogens is 360 g/mol. The van der Waals surface area contributed by atoms with Gasteiger partial charge in [0.1, 0.15) is 0 Å². The summed E-state index contributed by atoms with van der Waals surface area (Å²) >= 11 is 0. The summed E-state index contributed by atoms with van der Waals surface area (Å²) < 4.78 is 21.9. The van der Waals surface area contributed by atoms with Crippen molar-refractivity contribution < 1.29 is 23.7 Å². The SMILES string of the molecule is CO[C@H]1C[C@@H](C(=O)NCc2ccc3c(c2)OCO3)CC[C@@H]1NC1CCOCC1. The molecule has 1 saturated heterocycles. The van der Waals surface area contributed by atoms with Gasteiger partial charge in [0.2, 0.25) is 12.7 Å². The molecule has 0 unspecified atom stereocenters. The quantitative estimate of drug-likeness (QED) is 0.774. The van der Waals surface area contributed by atoms with Gasteiger partial charge in [-0.25, -0.2) is 0 Å². The van der Waals surface area contributed by atoms with Gasteiger partial charge < -0.3 is 29.6 Å². The van der Waals surface area contributed by atoms with Crippen molar-refractivity contribution in [2.24, 2.45) is 5.92 Å². The first-order chi connectivity index (χ1) is 13.7. The number of methoxy groups -OCH3 is 1. The molecule has 3 atom stereocenters. The highest BCUT2D eigenvalue weighted by molar-refractivity contribution is 5.78. The van der Waals surface area contributed by atoms with Crippen LogP contribution in [0.5, 0.6) is 11.5 Å². The lowest BCUT2D eigenvalue weighted by Crippen LogP contribution is -2.52. The van der Waals surface area contributed by atoms with Gasteiger partial charge in [-0.3, -0.25) is 4.79 Å². The number of hydrogen-bond acceptors (Lipinski definition) is 6. The standard InChI is InChI=1S/C21H30N2O5/c1-25-19-11-15(3-4-17(19)23-16-6-8-26-9-7-16)21(24)22-12-14-2-5-18-20(10-14)28-13-27-18/h2,5,10,15-17,19,23H,3-4,6-9,11-13H2,1H3,(H,22,24)/t15-,17-,19-/m0/s1. The van der Waals surface area contributed by atoms with Crippen molar-refractivity contribution in [3.8, 4) is 11.5 Å². The molecule has 2 fully saturated rings. The predicted molar refractivity (Wildman–Crippen MR) is 103 cm³/mol. The Hall–Kier alpha value is -1.83. The first-order valence-corrected chi connectivity index (χ1v) is 10.3. The lowest BCUT2D eigenvalue weighted by molar-refractivity contribution is -0.128. The van der Waals surface area contributed by atoms with Crippen LogP contribution in [-0.4, -0.2) is 51.2 Å². The second-order valence-electron chi connectivity index (χ2n) is 7.85. The second kappa shape index (κ2) is 9.11. The Bertz CT molecular complexity index is 677. The third kappa shape index (κ3) is 4.59. The fourth-order valence-corrected chi connectivity index (χ4v) is 4.37. The minimum atomic E-state index is -0.00769. The fraction of sp³-hybridized carbons (Fsp3) is 0.667. The maximum absolute atomic E-state index is 12.7. The van der Waals surface area contributed by atoms with E-state index in [1.807, 2.05) is 18.2 Å². The van der Waals surface area contributed by atoms with Crippen molar-refractivity contribution in [1.29, 1.82) is 0 Å². The van der Waals surface area contributed by atoms with E-state index in [-0.39, 0.29) is 24.7 Å². The lowest BCUT2D eigenvalue weighted by atomic mass is 9.82. The van der Waals surface area contributed by atoms with E-state index in [2.05, 4.69) is 10.6 Å². The van der Waals surface area contributed by atoms with Crippen LogP contribution >= 0.6 is 0 Å². The van der Waals surface area contributed by atoms with E-state index in [0.29, 0.717) is 18.6 Å². The van der Waals surface area contributed by atoms with Crippen LogP contribution in [-0.2, 0) is 20.8 Å². The number of fused-ring (bicyclic) bond motifs is 1. The van der Waals surface area contributed by atoms with Gasteiger partial charge in [-0.2, -0.15) is 0 Å². The zero-order chi connectivity index (χ0) is 19.3. The van der Waals surface area contributed by atoms with Crippen LogP contribution in [0.15, 0.2) is 18.2 Å². The zero-order valence-corrected chi connectivity index (χ0v) is 16.4. The average molecular weight is 390 g/mol. The molecule has 1 saturated carbocycles. The molecule has 1 amide bonds. The van der Waals surface area contributed by atoms with Gasteiger partial charge in [0.25, 0.3) is 0 Å². The number of carbonyl (C=O) groups is 1. The zero-order valence-electron chi connectivity index (χ0n) is 16.4. The number of rotatable bonds is 6. The van der Waals surface area contributed by atoms with Gasteiger partial charge in [0.15, 0.2) is 11.5 Å². The molecule has 7 heteroatoms. The summed E-state index contributed by atoms with van der Waals surface area (Å²) in [5.41, 5.74) is 1.01. The summed E-state index contributed by atoms with van der Waals surface area (Å²) in [6.07, 6.45) is 4.76. The molecule has 7 nitrogen and oxygen atoms in total. The van der Waals surface area contributed by atoms with Crippen LogP contribution < -0.4 is 20.1 Å². The Labute approximate surface area is 166 Å². The number of carbonyl (C=O) groups excluding carboxylic acids is 1. The number of ether oxygens (including phenoxy) is 4. The summed E-state index contributed by atoms with van der Waals surface area (Å²) in [7, 11) is 1.75. The average Bonchev–Trinajstić information content (AvgIpc) is 3.21. The minimum Gasteiger partial charge on any atom is -0.454 e. The second-order valence-corrected chi connectivity index (χ2v) is 7.85. The molecule has 2 heterocycles. The van der Waals surface area contributed by atoms with E-state index in [0.717, 1.165) is 62.4 Å². The minimum absolute atomic E-state index is 0.00769. The van der Waals surface area contributed by atoms with Gasteiger partial charge in [-0.05, 0) is 49.8 Å². The summed E-state index contributed by atoms with van der Waals surface area (Å²) in [6.45, 7) is 2.40. The molecule has 1 aromatic carbocycles. The highest BCUT2D eigenvalue weighted by Gasteiger charge is 2.35. The molecule has 0 bridgehead atoms. The van der Waals surface area contributed by atoms with Gasteiger partial charge in [0.05, 0.1) is 6.10 Å². The number of benzene rings is 1. The van der Waals surface area contributed by atoms with Gasteiger partial charge in [-0.1, -0.05) is 6.07 Å². The van der Waals surface area contributed by atoms with Gasteiger partial charge in [0, 0.05) is 44.9 Å². The van der Waals surface area contributed by atoms with Crippen molar-refractivity contribution in [1.82, 2.24) is 10.6 Å². The van der Waals surface area contributed by atoms with E-state index in [4.69, 9.17) is 18.9 Å². The molecule has 0 spiro atoms. The van der Waals surface area contributed by atoms with E-state index < -0.39 is 0 Å². The maximum Gasteiger partial charge on any atom is 0.231 e. The van der Waals surface area contributed by atoms with Crippen molar-refractivity contribution in [2.45, 2.75) is 56.8 Å². The summed E-state index contributed by atoms with van der Waals surface area (Å²) in [5, 5.41) is 6.81. The van der Waals surface area contributed by atoms with E-state index in [1.165, 1.54) is 0 Å². The van der Waals surface area contributed by atoms with Crippen molar-refractivity contribution in [3.63, 3.8) is 0 Å². The first kappa shape index (κ1) is 19.5. The largest absolute Gasteiger partial charge is 0.454 e. The number of hydrogen-bond donors (Lipinski definition) is 2. The van der Waals surface area contributed by atoms with Crippen LogP contribution in [0.1, 0.15) is 37.7 Å². The molecule has 0 aromatic heterocycles. The van der Waals surface area contributed by atoms with E-state index >= 15 is 0 Å². The Morgan fingerprint density at radius 2 is 1.96 bits per heavy atom. The topological polar surface area (TPSA) is 78.1 Å². The normalized spacial score (nSPS) is 27.5.